The fourth-order valence-corrected chi connectivity index (χ4v) is 5.75. The predicted molar refractivity (Wildman–Crippen MR) is 122 cm³/mol. The molecule has 0 spiro atoms. The number of carbonyl (C=O) groups excluding carboxylic acids is 1. The number of thiazole rings is 1. The van der Waals surface area contributed by atoms with Crippen LogP contribution in [0.1, 0.15) is 18.3 Å². The van der Waals surface area contributed by atoms with E-state index in [-0.39, 0.29) is 11.2 Å². The number of nitrogens with zero attached hydrogens (tertiary/aromatic N) is 4. The second-order valence-electron chi connectivity index (χ2n) is 6.49. The van der Waals surface area contributed by atoms with Crippen LogP contribution in [0.5, 0.6) is 0 Å². The van der Waals surface area contributed by atoms with E-state index >= 15 is 0 Å². The zero-order valence-electron chi connectivity index (χ0n) is 16.5. The van der Waals surface area contributed by atoms with Crippen LogP contribution in [0.3, 0.4) is 0 Å². The first-order valence-corrected chi connectivity index (χ1v) is 12.0. The maximum absolute atomic E-state index is 11.9. The Labute approximate surface area is 187 Å². The number of para-hydroxylation sites is 1. The van der Waals surface area contributed by atoms with Crippen molar-refractivity contribution in [3.63, 3.8) is 0 Å². The largest absolute Gasteiger partial charge is 0.468 e. The van der Waals surface area contributed by atoms with Crippen LogP contribution >= 0.6 is 34.9 Å². The Balaban J connectivity index is 1.56. The van der Waals surface area contributed by atoms with Crippen LogP contribution in [-0.2, 0) is 21.8 Å². The first-order chi connectivity index (χ1) is 14.6. The van der Waals surface area contributed by atoms with Crippen LogP contribution in [0.25, 0.3) is 10.2 Å². The van der Waals surface area contributed by atoms with Gasteiger partial charge in [0.1, 0.15) is 11.1 Å². The number of fused-ring (bicyclic) bond motifs is 1. The van der Waals surface area contributed by atoms with E-state index in [1.54, 1.807) is 23.1 Å². The Morgan fingerprint density at radius 1 is 1.13 bits per heavy atom. The summed E-state index contributed by atoms with van der Waals surface area (Å²) in [5.74, 6) is 1.22. The number of rotatable bonds is 8. The zero-order chi connectivity index (χ0) is 20.9. The molecule has 154 valence electrons. The Hall–Kier alpha value is -2.36. The normalized spacial score (nSPS) is 12.2. The van der Waals surface area contributed by atoms with Gasteiger partial charge in [-0.3, -0.25) is 4.79 Å². The van der Waals surface area contributed by atoms with Crippen LogP contribution < -0.4 is 0 Å². The van der Waals surface area contributed by atoms with Crippen molar-refractivity contribution in [3.8, 4) is 0 Å². The molecule has 9 heteroatoms. The first kappa shape index (κ1) is 20.9. The van der Waals surface area contributed by atoms with E-state index in [9.17, 15) is 4.79 Å². The summed E-state index contributed by atoms with van der Waals surface area (Å²) in [5, 5.41) is 9.12. The molecule has 1 atom stereocenters. The number of esters is 1. The smallest absolute Gasteiger partial charge is 0.318 e. The fourth-order valence-electron chi connectivity index (χ4n) is 2.85. The van der Waals surface area contributed by atoms with Crippen molar-refractivity contribution in [1.29, 1.82) is 0 Å². The number of methoxy groups -OCH3 is 1. The maximum atomic E-state index is 11.9. The quantitative estimate of drug-likeness (QED) is 0.276. The van der Waals surface area contributed by atoms with Crippen molar-refractivity contribution < 1.29 is 9.53 Å². The summed E-state index contributed by atoms with van der Waals surface area (Å²) in [5.41, 5.74) is 2.16. The number of benzene rings is 2. The zero-order valence-corrected chi connectivity index (χ0v) is 19.0. The lowest BCUT2D eigenvalue weighted by molar-refractivity contribution is -0.139. The number of hydrogen-bond acceptors (Lipinski definition) is 8. The van der Waals surface area contributed by atoms with E-state index in [1.165, 1.54) is 23.6 Å². The summed E-state index contributed by atoms with van der Waals surface area (Å²) < 4.78 is 9.10. The molecule has 0 aliphatic rings. The molecule has 4 aromatic rings. The molecule has 0 saturated carbocycles. The molecule has 30 heavy (non-hydrogen) atoms. The van der Waals surface area contributed by atoms with Gasteiger partial charge in [0.2, 0.25) is 0 Å². The van der Waals surface area contributed by atoms with Gasteiger partial charge < -0.3 is 9.30 Å². The number of carbonyl (C=O) groups is 1. The molecule has 4 rings (SSSR count). The van der Waals surface area contributed by atoms with E-state index in [0.29, 0.717) is 17.5 Å². The summed E-state index contributed by atoms with van der Waals surface area (Å²) in [6.07, 6.45) is 0. The van der Waals surface area contributed by atoms with Gasteiger partial charge in [0.25, 0.3) is 0 Å². The molecule has 0 amide bonds. The number of ether oxygens (including phenoxy) is 1. The second kappa shape index (κ2) is 9.63. The van der Waals surface area contributed by atoms with Gasteiger partial charge in [-0.1, -0.05) is 66.0 Å². The summed E-state index contributed by atoms with van der Waals surface area (Å²) >= 11 is 4.69. The van der Waals surface area contributed by atoms with Crippen LogP contribution in [0.4, 0.5) is 0 Å². The van der Waals surface area contributed by atoms with E-state index in [0.717, 1.165) is 21.2 Å². The molecule has 2 aromatic carbocycles. The highest BCUT2D eigenvalue weighted by atomic mass is 32.2. The van der Waals surface area contributed by atoms with Gasteiger partial charge in [-0.2, -0.15) is 0 Å². The highest BCUT2D eigenvalue weighted by molar-refractivity contribution is 8.00. The highest BCUT2D eigenvalue weighted by Gasteiger charge is 2.21. The second-order valence-corrected chi connectivity index (χ2v) is 10.1. The van der Waals surface area contributed by atoms with E-state index in [4.69, 9.17) is 4.74 Å². The molecule has 0 bridgehead atoms. The highest BCUT2D eigenvalue weighted by Crippen LogP contribution is 2.32. The Morgan fingerprint density at radius 2 is 1.90 bits per heavy atom. The monoisotopic (exact) mass is 456 g/mol. The van der Waals surface area contributed by atoms with Crippen molar-refractivity contribution in [2.45, 2.75) is 34.0 Å². The van der Waals surface area contributed by atoms with Gasteiger partial charge in [0, 0.05) is 0 Å². The summed E-state index contributed by atoms with van der Waals surface area (Å²) in [7, 11) is 1.40. The molecule has 0 aliphatic carbocycles. The Bertz CT molecular complexity index is 1110. The predicted octanol–water partition coefficient (Wildman–Crippen LogP) is 4.88. The Morgan fingerprint density at radius 3 is 2.67 bits per heavy atom. The minimum absolute atomic E-state index is 0.278. The average Bonchev–Trinajstić information content (AvgIpc) is 3.36. The van der Waals surface area contributed by atoms with Gasteiger partial charge >= 0.3 is 5.97 Å². The van der Waals surface area contributed by atoms with Gasteiger partial charge in [-0.05, 0) is 24.6 Å². The van der Waals surface area contributed by atoms with Crippen molar-refractivity contribution in [2.75, 3.05) is 7.11 Å². The third-order valence-corrected chi connectivity index (χ3v) is 7.63. The molecular formula is C21H20N4O2S3. The van der Waals surface area contributed by atoms with E-state index in [2.05, 4.69) is 37.9 Å². The van der Waals surface area contributed by atoms with Crippen molar-refractivity contribution in [2.24, 2.45) is 0 Å². The van der Waals surface area contributed by atoms with E-state index < -0.39 is 0 Å². The van der Waals surface area contributed by atoms with Crippen LogP contribution in [0, 0.1) is 0 Å². The first-order valence-electron chi connectivity index (χ1n) is 9.33. The van der Waals surface area contributed by atoms with Crippen molar-refractivity contribution in [1.82, 2.24) is 19.7 Å². The lowest BCUT2D eigenvalue weighted by Crippen LogP contribution is -2.16. The minimum atomic E-state index is -0.363. The SMILES string of the molecule is COC(=O)[C@H](C)Sc1nnc(CSc2nc3ccccc3s2)n1Cc1ccccc1. The van der Waals surface area contributed by atoms with Gasteiger partial charge in [-0.25, -0.2) is 4.98 Å². The topological polar surface area (TPSA) is 69.9 Å². The van der Waals surface area contributed by atoms with Crippen LogP contribution in [0.15, 0.2) is 64.1 Å². The minimum Gasteiger partial charge on any atom is -0.468 e. The third kappa shape index (κ3) is 4.85. The third-order valence-electron chi connectivity index (χ3n) is 4.39. The molecule has 0 aliphatic heterocycles. The van der Waals surface area contributed by atoms with Gasteiger partial charge in [-0.15, -0.1) is 21.5 Å². The molecule has 6 nitrogen and oxygen atoms in total. The lowest BCUT2D eigenvalue weighted by Gasteiger charge is -2.12. The standard InChI is InChI=1S/C21H20N4O2S3/c1-14(19(26)27-2)29-20-24-23-18(25(20)12-15-8-4-3-5-9-15)13-28-21-22-16-10-6-7-11-17(16)30-21/h3-11,14H,12-13H2,1-2H3/t14-/m0/s1. The molecule has 0 N–H and O–H groups in total. The van der Waals surface area contributed by atoms with Crippen molar-refractivity contribution >= 4 is 51.0 Å². The molecule has 2 heterocycles. The molecule has 0 saturated heterocycles. The number of aromatic nitrogens is 4. The van der Waals surface area contributed by atoms with Crippen LogP contribution in [-0.4, -0.2) is 38.1 Å². The maximum Gasteiger partial charge on any atom is 0.318 e. The molecular weight excluding hydrogens is 436 g/mol. The lowest BCUT2D eigenvalue weighted by atomic mass is 10.2. The number of thioether (sulfide) groups is 2. The molecule has 0 radical (unpaired) electrons. The van der Waals surface area contributed by atoms with Gasteiger partial charge in [0.05, 0.1) is 29.6 Å². The van der Waals surface area contributed by atoms with Crippen molar-refractivity contribution in [3.05, 3.63) is 66.0 Å². The van der Waals surface area contributed by atoms with E-state index in [1.807, 2.05) is 43.3 Å². The average molecular weight is 457 g/mol. The Kier molecular flexibility index (Phi) is 6.71. The van der Waals surface area contributed by atoms with Crippen LogP contribution in [0.2, 0.25) is 0 Å². The molecule has 2 aromatic heterocycles. The fraction of sp³-hybridized carbons (Fsp3) is 0.238. The molecule has 0 fully saturated rings. The summed E-state index contributed by atoms with van der Waals surface area (Å²) in [4.78, 5) is 16.6. The number of hydrogen-bond donors (Lipinski definition) is 0. The van der Waals surface area contributed by atoms with Gasteiger partial charge in [0.15, 0.2) is 9.50 Å². The molecule has 0 unspecified atom stereocenters. The summed E-state index contributed by atoms with van der Waals surface area (Å²) in [6, 6.07) is 18.3. The summed E-state index contributed by atoms with van der Waals surface area (Å²) in [6.45, 7) is 2.45.